The van der Waals surface area contributed by atoms with Crippen molar-refractivity contribution < 1.29 is 4.79 Å². The van der Waals surface area contributed by atoms with Crippen LogP contribution in [0.3, 0.4) is 0 Å². The van der Waals surface area contributed by atoms with Crippen molar-refractivity contribution >= 4 is 5.78 Å². The number of benzene rings is 1. The van der Waals surface area contributed by atoms with Crippen LogP contribution in [-0.4, -0.2) is 5.78 Å². The van der Waals surface area contributed by atoms with Crippen molar-refractivity contribution in [2.75, 3.05) is 0 Å². The number of ketones is 1. The lowest BCUT2D eigenvalue weighted by Crippen LogP contribution is -2.22. The molecule has 1 heteroatoms. The van der Waals surface area contributed by atoms with Crippen molar-refractivity contribution in [2.24, 2.45) is 5.92 Å². The van der Waals surface area contributed by atoms with Crippen LogP contribution >= 0.6 is 0 Å². The Morgan fingerprint density at radius 1 is 1.05 bits per heavy atom. The highest BCUT2D eigenvalue weighted by molar-refractivity contribution is 5.81. The number of carbonyl (C=O) groups excluding carboxylic acids is 1. The average Bonchev–Trinajstić information content (AvgIpc) is 2.50. The molecule has 0 aromatic heterocycles. The Morgan fingerprint density at radius 3 is 2.55 bits per heavy atom. The van der Waals surface area contributed by atoms with Crippen LogP contribution in [0.15, 0.2) is 24.3 Å². The largest absolute Gasteiger partial charge is 0.299 e. The Kier molecular flexibility index (Phi) is 6.29. The van der Waals surface area contributed by atoms with Crippen molar-refractivity contribution in [1.82, 2.24) is 0 Å². The highest BCUT2D eigenvalue weighted by Crippen LogP contribution is 2.27. The first kappa shape index (κ1) is 15.3. The van der Waals surface area contributed by atoms with Crippen molar-refractivity contribution in [3.63, 3.8) is 0 Å². The van der Waals surface area contributed by atoms with E-state index in [1.54, 1.807) is 0 Å². The summed E-state index contributed by atoms with van der Waals surface area (Å²) in [5.41, 5.74) is 2.86. The third-order valence-corrected chi connectivity index (χ3v) is 4.58. The molecule has 0 saturated heterocycles. The van der Waals surface area contributed by atoms with E-state index in [9.17, 15) is 4.79 Å². The SMILES string of the molecule is CCCCCCCCC(=O)C1CCc2ccccc2C1. The summed E-state index contributed by atoms with van der Waals surface area (Å²) < 4.78 is 0. The lowest BCUT2D eigenvalue weighted by atomic mass is 9.80. The zero-order valence-electron chi connectivity index (χ0n) is 12.9. The predicted molar refractivity (Wildman–Crippen MR) is 85.0 cm³/mol. The monoisotopic (exact) mass is 272 g/mol. The summed E-state index contributed by atoms with van der Waals surface area (Å²) in [6, 6.07) is 8.61. The van der Waals surface area contributed by atoms with Crippen LogP contribution in [-0.2, 0) is 17.6 Å². The number of fused-ring (bicyclic) bond motifs is 1. The quantitative estimate of drug-likeness (QED) is 0.601. The second-order valence-corrected chi connectivity index (χ2v) is 6.19. The van der Waals surface area contributed by atoms with Crippen LogP contribution in [0.5, 0.6) is 0 Å². The number of aryl methyl sites for hydroxylation is 1. The fourth-order valence-corrected chi connectivity index (χ4v) is 3.26. The molecule has 1 aliphatic carbocycles. The smallest absolute Gasteiger partial charge is 0.136 e. The van der Waals surface area contributed by atoms with E-state index in [0.717, 1.165) is 32.1 Å². The second-order valence-electron chi connectivity index (χ2n) is 6.19. The highest BCUT2D eigenvalue weighted by Gasteiger charge is 2.23. The van der Waals surface area contributed by atoms with E-state index in [0.29, 0.717) is 11.7 Å². The van der Waals surface area contributed by atoms with Crippen LogP contribution in [0.25, 0.3) is 0 Å². The molecule has 1 unspecified atom stereocenters. The van der Waals surface area contributed by atoms with Gasteiger partial charge in [0.05, 0.1) is 0 Å². The van der Waals surface area contributed by atoms with E-state index in [-0.39, 0.29) is 0 Å². The van der Waals surface area contributed by atoms with Crippen LogP contribution < -0.4 is 0 Å². The lowest BCUT2D eigenvalue weighted by Gasteiger charge is -2.23. The normalized spacial score (nSPS) is 17.8. The average molecular weight is 272 g/mol. The third-order valence-electron chi connectivity index (χ3n) is 4.58. The van der Waals surface area contributed by atoms with Crippen LogP contribution in [0.2, 0.25) is 0 Å². The number of carbonyl (C=O) groups is 1. The number of hydrogen-bond donors (Lipinski definition) is 0. The molecular formula is C19H28O. The van der Waals surface area contributed by atoms with E-state index >= 15 is 0 Å². The van der Waals surface area contributed by atoms with Gasteiger partial charge in [0.1, 0.15) is 5.78 Å². The first-order valence-electron chi connectivity index (χ1n) is 8.40. The minimum absolute atomic E-state index is 0.292. The van der Waals surface area contributed by atoms with Gasteiger partial charge in [-0.3, -0.25) is 4.79 Å². The summed E-state index contributed by atoms with van der Waals surface area (Å²) in [5, 5.41) is 0. The maximum Gasteiger partial charge on any atom is 0.136 e. The van der Waals surface area contributed by atoms with E-state index in [4.69, 9.17) is 0 Å². The van der Waals surface area contributed by atoms with Crippen molar-refractivity contribution in [1.29, 1.82) is 0 Å². The van der Waals surface area contributed by atoms with Gasteiger partial charge in [0.15, 0.2) is 0 Å². The minimum Gasteiger partial charge on any atom is -0.299 e. The van der Waals surface area contributed by atoms with Gasteiger partial charge in [-0.05, 0) is 36.8 Å². The van der Waals surface area contributed by atoms with E-state index in [1.807, 2.05) is 0 Å². The third kappa shape index (κ3) is 4.47. The molecule has 0 saturated carbocycles. The van der Waals surface area contributed by atoms with Crippen molar-refractivity contribution in [2.45, 2.75) is 71.1 Å². The number of Topliss-reactive ketones (excluding diaryl/α,β-unsaturated/α-hetero) is 1. The zero-order valence-corrected chi connectivity index (χ0v) is 12.9. The number of rotatable bonds is 8. The molecule has 1 aromatic rings. The van der Waals surface area contributed by atoms with Crippen LogP contribution in [0.1, 0.15) is 69.4 Å². The fourth-order valence-electron chi connectivity index (χ4n) is 3.26. The summed E-state index contributed by atoms with van der Waals surface area (Å²) in [4.78, 5) is 12.3. The van der Waals surface area contributed by atoms with Gasteiger partial charge in [0, 0.05) is 12.3 Å². The van der Waals surface area contributed by atoms with Crippen LogP contribution in [0, 0.1) is 5.92 Å². The zero-order chi connectivity index (χ0) is 14.2. The maximum absolute atomic E-state index is 12.3. The molecule has 0 bridgehead atoms. The molecule has 0 aliphatic heterocycles. The van der Waals surface area contributed by atoms with Gasteiger partial charge in [-0.1, -0.05) is 63.3 Å². The van der Waals surface area contributed by atoms with Gasteiger partial charge in [-0.15, -0.1) is 0 Å². The Hall–Kier alpha value is -1.11. The van der Waals surface area contributed by atoms with Crippen molar-refractivity contribution in [3.8, 4) is 0 Å². The molecule has 0 amide bonds. The summed E-state index contributed by atoms with van der Waals surface area (Å²) in [5.74, 6) is 0.801. The summed E-state index contributed by atoms with van der Waals surface area (Å²) in [6.45, 7) is 2.24. The summed E-state index contributed by atoms with van der Waals surface area (Å²) in [6.07, 6.45) is 11.5. The second kappa shape index (κ2) is 8.24. The predicted octanol–water partition coefficient (Wildman–Crippen LogP) is 5.11. The highest BCUT2D eigenvalue weighted by atomic mass is 16.1. The molecule has 0 spiro atoms. The Labute approximate surface area is 123 Å². The summed E-state index contributed by atoms with van der Waals surface area (Å²) >= 11 is 0. The fraction of sp³-hybridized carbons (Fsp3) is 0.632. The van der Waals surface area contributed by atoms with Crippen molar-refractivity contribution in [3.05, 3.63) is 35.4 Å². The first-order valence-corrected chi connectivity index (χ1v) is 8.40. The number of hydrogen-bond acceptors (Lipinski definition) is 1. The molecule has 1 atom stereocenters. The molecule has 0 radical (unpaired) electrons. The molecule has 0 fully saturated rings. The Morgan fingerprint density at radius 2 is 1.75 bits per heavy atom. The van der Waals surface area contributed by atoms with E-state index in [1.165, 1.54) is 43.2 Å². The molecule has 20 heavy (non-hydrogen) atoms. The lowest BCUT2D eigenvalue weighted by molar-refractivity contribution is -0.123. The van der Waals surface area contributed by atoms with Gasteiger partial charge in [-0.25, -0.2) is 0 Å². The van der Waals surface area contributed by atoms with Gasteiger partial charge < -0.3 is 0 Å². The standard InChI is InChI=1S/C19H28O/c1-2-3-4-5-6-7-12-19(20)18-14-13-16-10-8-9-11-17(16)15-18/h8-11,18H,2-7,12-15H2,1H3. The number of unbranched alkanes of at least 4 members (excludes halogenated alkanes) is 5. The summed E-state index contributed by atoms with van der Waals surface area (Å²) in [7, 11) is 0. The molecule has 1 aliphatic rings. The van der Waals surface area contributed by atoms with E-state index < -0.39 is 0 Å². The first-order chi connectivity index (χ1) is 9.81. The molecule has 0 N–H and O–H groups in total. The van der Waals surface area contributed by atoms with Gasteiger partial charge in [0.2, 0.25) is 0 Å². The maximum atomic E-state index is 12.3. The Bertz CT molecular complexity index is 422. The van der Waals surface area contributed by atoms with Gasteiger partial charge >= 0.3 is 0 Å². The molecule has 1 nitrogen and oxygen atoms in total. The van der Waals surface area contributed by atoms with Gasteiger partial charge in [0.25, 0.3) is 0 Å². The molecule has 0 heterocycles. The topological polar surface area (TPSA) is 17.1 Å². The van der Waals surface area contributed by atoms with Crippen LogP contribution in [0.4, 0.5) is 0 Å². The molecule has 2 rings (SSSR count). The van der Waals surface area contributed by atoms with E-state index in [2.05, 4.69) is 31.2 Å². The van der Waals surface area contributed by atoms with Gasteiger partial charge in [-0.2, -0.15) is 0 Å². The molecule has 1 aromatic carbocycles. The Balaban J connectivity index is 1.69. The molecule has 110 valence electrons. The minimum atomic E-state index is 0.292. The molecular weight excluding hydrogens is 244 g/mol.